The Morgan fingerprint density at radius 1 is 1.05 bits per heavy atom. The molecular weight excluding hydrogens is 751 g/mol. The van der Waals surface area contributed by atoms with Crippen LogP contribution < -0.4 is 31.8 Å². The van der Waals surface area contributed by atoms with Crippen LogP contribution in [0.15, 0.2) is 86.3 Å². The molecule has 2 fully saturated rings. The van der Waals surface area contributed by atoms with Gasteiger partial charge in [-0.2, -0.15) is 0 Å². The highest BCUT2D eigenvalue weighted by atomic mass is 16.7. The molecule has 1 spiro atoms. The lowest BCUT2D eigenvalue weighted by Gasteiger charge is -2.47. The second kappa shape index (κ2) is 13.6. The third kappa shape index (κ3) is 6.23. The Hall–Kier alpha value is -5.83. The molecule has 14 heteroatoms. The zero-order chi connectivity index (χ0) is 41.0. The number of aryl methyl sites for hydroxylation is 2. The summed E-state index contributed by atoms with van der Waals surface area (Å²) in [6.07, 6.45) is 10.8. The minimum absolute atomic E-state index is 0.0409. The quantitative estimate of drug-likeness (QED) is 0.0985. The number of nitrogens with zero attached hydrogens (tertiary/aromatic N) is 3. The monoisotopic (exact) mass is 798 g/mol. The number of carbonyl (C=O) groups is 1. The van der Waals surface area contributed by atoms with E-state index in [2.05, 4.69) is 38.6 Å². The van der Waals surface area contributed by atoms with Gasteiger partial charge < -0.3 is 40.5 Å². The fourth-order valence-corrected chi connectivity index (χ4v) is 10.4. The number of hydrogen-bond donors (Lipinski definition) is 5. The molecule has 0 radical (unpaired) electrons. The van der Waals surface area contributed by atoms with Crippen molar-refractivity contribution in [1.29, 1.82) is 0 Å². The van der Waals surface area contributed by atoms with Crippen molar-refractivity contribution in [1.82, 2.24) is 15.3 Å². The molecule has 14 nitrogen and oxygen atoms in total. The third-order valence-electron chi connectivity index (χ3n) is 13.0. The number of fused-ring (bicyclic) bond motifs is 5. The molecule has 8 atom stereocenters. The van der Waals surface area contributed by atoms with Gasteiger partial charge in [-0.25, -0.2) is 14.8 Å². The standard InChI is InChI=1S/C45H47N7O7/c1-22-11-32(53)39-33(56-22)17-34-40(41(39)54)38-29-7-6-27(14-26(29)18-48-4)45(43(55)57-42(38)44(2,3)58-34)35(59-45)8-5-23-12-30(51-36(46)13-23)25-15-28(50-37(47)16-25)20-52-19-24-9-10-49-31(24)21-52/h6-7,9-13,15-17,21,26-27,29,35,38,42,48,54H,5,8,14,18-20H2,1-4H3,(H2,46,51)(H2,47,50)/p+1. The van der Waals surface area contributed by atoms with Gasteiger partial charge in [0.15, 0.2) is 11.0 Å². The lowest BCUT2D eigenvalue weighted by atomic mass is 9.64. The largest absolute Gasteiger partial charge is 0.507 e. The molecule has 1 aromatic carbocycles. The Labute approximate surface area is 340 Å². The van der Waals surface area contributed by atoms with Gasteiger partial charge in [-0.15, -0.1) is 0 Å². The van der Waals surface area contributed by atoms with Gasteiger partial charge in [-0.3, -0.25) is 14.7 Å². The Morgan fingerprint density at radius 3 is 2.69 bits per heavy atom. The fourth-order valence-electron chi connectivity index (χ4n) is 10.4. The number of rotatable bonds is 8. The number of allylic oxidation sites excluding steroid dienone is 2. The molecule has 7 aliphatic rings. The number of benzene rings is 1. The van der Waals surface area contributed by atoms with Crippen molar-refractivity contribution in [2.24, 2.45) is 22.7 Å². The van der Waals surface area contributed by atoms with Crippen LogP contribution in [-0.4, -0.2) is 70.8 Å². The summed E-state index contributed by atoms with van der Waals surface area (Å²) in [5.41, 5.74) is 16.4. The lowest BCUT2D eigenvalue weighted by molar-refractivity contribution is -0.852. The summed E-state index contributed by atoms with van der Waals surface area (Å²) in [6.45, 7) is 7.62. The van der Waals surface area contributed by atoms with Gasteiger partial charge in [-0.05, 0) is 101 Å². The van der Waals surface area contributed by atoms with Crippen molar-refractivity contribution in [3.63, 3.8) is 0 Å². The smallest absolute Gasteiger partial charge is 0.342 e. The first-order chi connectivity index (χ1) is 28.3. The number of phenolic OH excluding ortho intramolecular Hbond substituents is 1. The van der Waals surface area contributed by atoms with E-state index in [1.54, 1.807) is 13.0 Å². The van der Waals surface area contributed by atoms with E-state index in [-0.39, 0.29) is 39.9 Å². The van der Waals surface area contributed by atoms with Crippen LogP contribution in [0.1, 0.15) is 55.2 Å². The van der Waals surface area contributed by atoms with Crippen LogP contribution >= 0.6 is 0 Å². The van der Waals surface area contributed by atoms with Crippen LogP contribution in [0.3, 0.4) is 0 Å². The molecule has 4 aromatic rings. The summed E-state index contributed by atoms with van der Waals surface area (Å²) in [5, 5.41) is 15.3. The number of phenols is 1. The van der Waals surface area contributed by atoms with E-state index in [0.717, 1.165) is 29.1 Å². The van der Waals surface area contributed by atoms with E-state index >= 15 is 0 Å². The molecule has 11 rings (SSSR count). The maximum Gasteiger partial charge on any atom is 0.342 e. The van der Waals surface area contributed by atoms with Crippen molar-refractivity contribution in [2.45, 2.75) is 75.9 Å². The predicted octanol–water partition coefficient (Wildman–Crippen LogP) is 3.66. The Bertz CT molecular complexity index is 2630. The third-order valence-corrected chi connectivity index (χ3v) is 13.0. The maximum absolute atomic E-state index is 14.7. The topological polar surface area (TPSA) is 205 Å². The Morgan fingerprint density at radius 2 is 1.88 bits per heavy atom. The molecule has 0 amide bonds. The van der Waals surface area contributed by atoms with Crippen molar-refractivity contribution in [2.75, 3.05) is 31.6 Å². The highest BCUT2D eigenvalue weighted by molar-refractivity contribution is 5.88. The van der Waals surface area contributed by atoms with Crippen LogP contribution in [0, 0.1) is 24.7 Å². The normalized spacial score (nSPS) is 29.5. The molecule has 59 heavy (non-hydrogen) atoms. The number of epoxide rings is 1. The second-order valence-corrected chi connectivity index (χ2v) is 17.4. The van der Waals surface area contributed by atoms with Crippen molar-refractivity contribution in [3.8, 4) is 22.8 Å². The van der Waals surface area contributed by atoms with E-state index in [0.29, 0.717) is 66.8 Å². The molecule has 6 aliphatic heterocycles. The van der Waals surface area contributed by atoms with Crippen LogP contribution in [0.2, 0.25) is 0 Å². The summed E-state index contributed by atoms with van der Waals surface area (Å²) in [4.78, 5) is 42.9. The van der Waals surface area contributed by atoms with E-state index in [1.807, 2.05) is 57.5 Å². The zero-order valence-electron chi connectivity index (χ0n) is 33.5. The summed E-state index contributed by atoms with van der Waals surface area (Å²) in [5.74, 6) is 0.0655. The van der Waals surface area contributed by atoms with Crippen molar-refractivity contribution >= 4 is 34.8 Å². The maximum atomic E-state index is 14.7. The Balaban J connectivity index is 0.934. The van der Waals surface area contributed by atoms with Crippen molar-refractivity contribution < 1.29 is 33.4 Å². The number of nitrogen functional groups attached to an aromatic ring is 2. The number of carbonyl (C=O) groups excluding carboxylic acids is 1. The number of ether oxygens (including phenoxy) is 3. The average Bonchev–Trinajstić information content (AvgIpc) is 3.52. The number of hydrogen-bond acceptors (Lipinski definition) is 13. The minimum Gasteiger partial charge on any atom is -0.507 e. The minimum atomic E-state index is -1.20. The van der Waals surface area contributed by atoms with E-state index in [1.165, 1.54) is 16.5 Å². The number of aromatic nitrogens is 2. The summed E-state index contributed by atoms with van der Waals surface area (Å²) < 4.78 is 25.6. The second-order valence-electron chi connectivity index (χ2n) is 17.4. The number of anilines is 2. The Kier molecular flexibility index (Phi) is 8.64. The highest BCUT2D eigenvalue weighted by Gasteiger charge is 2.70. The molecule has 7 N–H and O–H groups in total. The molecule has 9 heterocycles. The van der Waals surface area contributed by atoms with Gasteiger partial charge in [0.1, 0.15) is 76.6 Å². The first-order valence-corrected chi connectivity index (χ1v) is 20.4. The number of pyridine rings is 2. The SMILES string of the molecule is CNCC1CC2C=CC1C1c3c(cc4oc(C)cc(=O)c4c3O)OC(C)(C)C1OC(=O)C21OC1CCc1cc(N)nc(-c2cc(N)nc(C[NH+]3C=C4N=CC=C4C3)c2)c1. The van der Waals surface area contributed by atoms with Crippen LogP contribution in [0.5, 0.6) is 11.5 Å². The first kappa shape index (κ1) is 37.4. The number of nitrogens with one attached hydrogen (secondary N) is 2. The molecule has 304 valence electrons. The van der Waals surface area contributed by atoms with Crippen LogP contribution in [0.4, 0.5) is 11.6 Å². The summed E-state index contributed by atoms with van der Waals surface area (Å²) in [7, 11) is 1.91. The van der Waals surface area contributed by atoms with Gasteiger partial charge in [0.05, 0.1) is 17.5 Å². The molecule has 0 saturated carbocycles. The van der Waals surface area contributed by atoms with E-state index < -0.39 is 35.3 Å². The number of nitrogens with two attached hydrogens (primary N) is 2. The molecule has 2 bridgehead atoms. The zero-order valence-corrected chi connectivity index (χ0v) is 33.5. The molecule has 8 unspecified atom stereocenters. The summed E-state index contributed by atoms with van der Waals surface area (Å²) >= 11 is 0. The van der Waals surface area contributed by atoms with Crippen molar-refractivity contribution in [3.05, 3.63) is 105 Å². The fraction of sp³-hybridized carbons (Fsp3) is 0.400. The van der Waals surface area contributed by atoms with Gasteiger partial charge in [-0.1, -0.05) is 12.2 Å². The van der Waals surface area contributed by atoms with Gasteiger partial charge in [0.25, 0.3) is 0 Å². The van der Waals surface area contributed by atoms with E-state index in [9.17, 15) is 14.7 Å². The average molecular weight is 799 g/mol. The number of quaternary nitrogens is 1. The lowest BCUT2D eigenvalue weighted by Crippen LogP contribution is -3.04. The number of esters is 1. The van der Waals surface area contributed by atoms with Gasteiger partial charge in [0, 0.05) is 46.9 Å². The molecule has 1 aliphatic carbocycles. The van der Waals surface area contributed by atoms with Crippen LogP contribution in [0.25, 0.3) is 22.2 Å². The van der Waals surface area contributed by atoms with Gasteiger partial charge >= 0.3 is 5.97 Å². The van der Waals surface area contributed by atoms with E-state index in [4.69, 9.17) is 30.1 Å². The summed E-state index contributed by atoms with van der Waals surface area (Å²) in [6, 6.07) is 10.7. The molecule has 3 aromatic heterocycles. The van der Waals surface area contributed by atoms with Crippen LogP contribution in [-0.2, 0) is 27.2 Å². The molecule has 2 saturated heterocycles. The predicted molar refractivity (Wildman–Crippen MR) is 221 cm³/mol. The highest BCUT2D eigenvalue weighted by Crippen LogP contribution is 2.59. The first-order valence-electron chi connectivity index (χ1n) is 20.4. The molecular formula is C45H48N7O7+. The number of aliphatic imine (C=N–C) groups is 1. The van der Waals surface area contributed by atoms with Gasteiger partial charge in [0.2, 0.25) is 0 Å². The number of aromatic hydroxyl groups is 1.